The first-order valence-electron chi connectivity index (χ1n) is 4.15. The van der Waals surface area contributed by atoms with Crippen molar-refractivity contribution in [3.8, 4) is 0 Å². The summed E-state index contributed by atoms with van der Waals surface area (Å²) in [6.45, 7) is 0. The topological polar surface area (TPSA) is 46.2 Å². The molecule has 0 radical (unpaired) electrons. The molecule has 0 atom stereocenters. The van der Waals surface area contributed by atoms with E-state index in [-0.39, 0.29) is 11.1 Å². The van der Waals surface area contributed by atoms with E-state index in [0.717, 1.165) is 17.3 Å². The first-order chi connectivity index (χ1) is 7.15. The highest BCUT2D eigenvalue weighted by molar-refractivity contribution is 8.18. The van der Waals surface area contributed by atoms with Gasteiger partial charge in [0.2, 0.25) is 0 Å². The van der Waals surface area contributed by atoms with Crippen LogP contribution >= 0.6 is 23.4 Å². The highest BCUT2D eigenvalue weighted by Crippen LogP contribution is 2.25. The lowest BCUT2D eigenvalue weighted by Crippen LogP contribution is -2.17. The average Bonchev–Trinajstić information content (AvgIpc) is 2.49. The van der Waals surface area contributed by atoms with Crippen LogP contribution in [0.3, 0.4) is 0 Å². The molecule has 0 unspecified atom stereocenters. The van der Waals surface area contributed by atoms with Crippen molar-refractivity contribution < 1.29 is 9.59 Å². The molecule has 1 aliphatic rings. The second-order valence-electron chi connectivity index (χ2n) is 2.90. The summed E-state index contributed by atoms with van der Waals surface area (Å²) in [6, 6.07) is 7.03. The Balaban J connectivity index is 2.27. The van der Waals surface area contributed by atoms with Gasteiger partial charge in [-0.2, -0.15) is 0 Å². The predicted octanol–water partition coefficient (Wildman–Crippen LogP) is 2.66. The molecule has 1 heterocycles. The number of thioether (sulfide) groups is 1. The van der Waals surface area contributed by atoms with E-state index < -0.39 is 0 Å². The molecule has 0 aliphatic carbocycles. The fraction of sp³-hybridized carbons (Fsp3) is 0. The van der Waals surface area contributed by atoms with Crippen LogP contribution in [0.5, 0.6) is 0 Å². The fourth-order valence-corrected chi connectivity index (χ4v) is 1.94. The van der Waals surface area contributed by atoms with Crippen molar-refractivity contribution in [2.24, 2.45) is 0 Å². The number of amides is 2. The fourth-order valence-electron chi connectivity index (χ4n) is 1.13. The number of imide groups is 1. The molecular formula is C10H6ClNO2S. The maximum Gasteiger partial charge on any atom is 0.290 e. The van der Waals surface area contributed by atoms with Gasteiger partial charge < -0.3 is 0 Å². The molecule has 15 heavy (non-hydrogen) atoms. The van der Waals surface area contributed by atoms with E-state index in [9.17, 15) is 9.59 Å². The van der Waals surface area contributed by atoms with E-state index in [0.29, 0.717) is 9.93 Å². The van der Waals surface area contributed by atoms with Gasteiger partial charge in [0.25, 0.3) is 11.1 Å². The van der Waals surface area contributed by atoms with Gasteiger partial charge >= 0.3 is 0 Å². The molecule has 2 amide bonds. The third-order valence-corrected chi connectivity index (χ3v) is 2.87. The maximum absolute atomic E-state index is 11.2. The zero-order valence-corrected chi connectivity index (χ0v) is 9.06. The number of benzene rings is 1. The van der Waals surface area contributed by atoms with Crippen molar-refractivity contribution >= 4 is 40.6 Å². The van der Waals surface area contributed by atoms with E-state index in [4.69, 9.17) is 11.6 Å². The quantitative estimate of drug-likeness (QED) is 0.767. The Morgan fingerprint density at radius 1 is 1.20 bits per heavy atom. The molecule has 1 fully saturated rings. The Morgan fingerprint density at radius 2 is 1.87 bits per heavy atom. The van der Waals surface area contributed by atoms with Gasteiger partial charge in [-0.15, -0.1) is 0 Å². The van der Waals surface area contributed by atoms with Crippen LogP contribution < -0.4 is 5.32 Å². The summed E-state index contributed by atoms with van der Waals surface area (Å²) < 4.78 is 0. The van der Waals surface area contributed by atoms with Crippen molar-refractivity contribution in [3.63, 3.8) is 0 Å². The second-order valence-corrected chi connectivity index (χ2v) is 4.35. The van der Waals surface area contributed by atoms with Crippen LogP contribution in [0.2, 0.25) is 5.02 Å². The van der Waals surface area contributed by atoms with Crippen molar-refractivity contribution in [3.05, 3.63) is 39.8 Å². The molecule has 76 valence electrons. The summed E-state index contributed by atoms with van der Waals surface area (Å²) in [4.78, 5) is 22.5. The summed E-state index contributed by atoms with van der Waals surface area (Å²) in [5.41, 5.74) is 0.840. The van der Waals surface area contributed by atoms with E-state index in [1.807, 2.05) is 0 Å². The number of carbonyl (C=O) groups is 2. The number of hydrogen-bond acceptors (Lipinski definition) is 3. The highest BCUT2D eigenvalue weighted by Gasteiger charge is 2.24. The zero-order chi connectivity index (χ0) is 10.8. The zero-order valence-electron chi connectivity index (χ0n) is 7.49. The van der Waals surface area contributed by atoms with E-state index in [1.54, 1.807) is 30.3 Å². The van der Waals surface area contributed by atoms with E-state index in [1.165, 1.54) is 0 Å². The summed E-state index contributed by atoms with van der Waals surface area (Å²) in [5.74, 6) is -0.347. The molecule has 1 saturated heterocycles. The molecule has 0 aromatic heterocycles. The first-order valence-corrected chi connectivity index (χ1v) is 5.35. The van der Waals surface area contributed by atoms with Crippen molar-refractivity contribution in [2.75, 3.05) is 0 Å². The van der Waals surface area contributed by atoms with Gasteiger partial charge in [-0.25, -0.2) is 0 Å². The lowest BCUT2D eigenvalue weighted by atomic mass is 10.2. The summed E-state index contributed by atoms with van der Waals surface area (Å²) >= 11 is 6.62. The molecule has 0 saturated carbocycles. The van der Waals surface area contributed by atoms with E-state index >= 15 is 0 Å². The smallest absolute Gasteiger partial charge is 0.282 e. The molecule has 1 aromatic rings. The molecule has 5 heteroatoms. The van der Waals surface area contributed by atoms with Gasteiger partial charge in [0.1, 0.15) is 0 Å². The van der Waals surface area contributed by atoms with Gasteiger partial charge in [0.05, 0.1) is 4.91 Å². The lowest BCUT2D eigenvalue weighted by molar-refractivity contribution is -0.115. The lowest BCUT2D eigenvalue weighted by Gasteiger charge is -1.94. The van der Waals surface area contributed by atoms with Gasteiger partial charge in [-0.3, -0.25) is 14.9 Å². The number of hydrogen-bond donors (Lipinski definition) is 1. The standard InChI is InChI=1S/C10H6ClNO2S/c11-7-3-1-6(2-4-7)5-8-9(13)12-10(14)15-8/h1-5H,(H,12,13,14)/b8-5+. The van der Waals surface area contributed by atoms with Crippen LogP contribution in [0.25, 0.3) is 6.08 Å². The van der Waals surface area contributed by atoms with Gasteiger partial charge in [-0.05, 0) is 35.5 Å². The van der Waals surface area contributed by atoms with E-state index in [2.05, 4.69) is 5.32 Å². The Labute approximate surface area is 95.5 Å². The Morgan fingerprint density at radius 3 is 2.40 bits per heavy atom. The molecule has 1 N–H and O–H groups in total. The van der Waals surface area contributed by atoms with Crippen molar-refractivity contribution in [2.45, 2.75) is 0 Å². The number of rotatable bonds is 1. The van der Waals surface area contributed by atoms with Crippen LogP contribution in [0, 0.1) is 0 Å². The summed E-state index contributed by atoms with van der Waals surface area (Å²) in [6.07, 6.45) is 1.65. The Kier molecular flexibility index (Phi) is 2.79. The normalized spacial score (nSPS) is 18.3. The monoisotopic (exact) mass is 239 g/mol. The summed E-state index contributed by atoms with van der Waals surface area (Å²) in [5, 5.41) is 2.49. The number of carbonyl (C=O) groups excluding carboxylic acids is 2. The number of halogens is 1. The Bertz CT molecular complexity index is 453. The first kappa shape index (κ1) is 10.3. The summed E-state index contributed by atoms with van der Waals surface area (Å²) in [7, 11) is 0. The van der Waals surface area contributed by atoms with Crippen molar-refractivity contribution in [1.82, 2.24) is 5.32 Å². The minimum absolute atomic E-state index is 0.333. The molecule has 1 aromatic carbocycles. The minimum atomic E-state index is -0.347. The van der Waals surface area contributed by atoms with Gasteiger partial charge in [0.15, 0.2) is 0 Å². The molecule has 2 rings (SSSR count). The largest absolute Gasteiger partial charge is 0.290 e. The molecule has 0 bridgehead atoms. The maximum atomic E-state index is 11.2. The highest BCUT2D eigenvalue weighted by atomic mass is 35.5. The average molecular weight is 240 g/mol. The van der Waals surface area contributed by atoms with Crippen LogP contribution in [0.15, 0.2) is 29.2 Å². The molecule has 3 nitrogen and oxygen atoms in total. The van der Waals surface area contributed by atoms with Gasteiger partial charge in [0, 0.05) is 5.02 Å². The predicted molar refractivity (Wildman–Crippen MR) is 60.6 cm³/mol. The second kappa shape index (κ2) is 4.08. The number of nitrogens with one attached hydrogen (secondary N) is 1. The molecular weight excluding hydrogens is 234 g/mol. The van der Waals surface area contributed by atoms with Crippen LogP contribution in [0.4, 0.5) is 4.79 Å². The Hall–Kier alpha value is -1.26. The third kappa shape index (κ3) is 2.40. The SMILES string of the molecule is O=C1NC(=O)/C(=C\c2ccc(Cl)cc2)S1. The van der Waals surface area contributed by atoms with Crippen molar-refractivity contribution in [1.29, 1.82) is 0 Å². The van der Waals surface area contributed by atoms with Crippen LogP contribution in [-0.4, -0.2) is 11.1 Å². The van der Waals surface area contributed by atoms with Gasteiger partial charge in [-0.1, -0.05) is 23.7 Å². The molecule has 1 aliphatic heterocycles. The van der Waals surface area contributed by atoms with Crippen LogP contribution in [0.1, 0.15) is 5.56 Å². The minimum Gasteiger partial charge on any atom is -0.282 e. The molecule has 0 spiro atoms. The van der Waals surface area contributed by atoms with Crippen LogP contribution in [-0.2, 0) is 4.79 Å². The third-order valence-electron chi connectivity index (χ3n) is 1.81.